The first kappa shape index (κ1) is 30.4. The highest BCUT2D eigenvalue weighted by Gasteiger charge is 2.34. The molecule has 0 heterocycles. The molecule has 3 aromatic carbocycles. The van der Waals surface area contributed by atoms with E-state index < -0.39 is 40.2 Å². The Bertz CT molecular complexity index is 1430. The number of halogens is 1. The molecule has 11 heteroatoms. The van der Waals surface area contributed by atoms with E-state index in [0.717, 1.165) is 9.87 Å². The fourth-order valence-corrected chi connectivity index (χ4v) is 5.45. The highest BCUT2D eigenvalue weighted by molar-refractivity contribution is 7.92. The number of hydrogen-bond donors (Lipinski definition) is 1. The van der Waals surface area contributed by atoms with Crippen LogP contribution in [0.2, 0.25) is 0 Å². The van der Waals surface area contributed by atoms with Crippen LogP contribution in [0.3, 0.4) is 0 Å². The summed E-state index contributed by atoms with van der Waals surface area (Å²) >= 11 is 0. The molecule has 0 aliphatic heterocycles. The number of sulfonamides is 1. The normalized spacial score (nSPS) is 11.8. The predicted octanol–water partition coefficient (Wildman–Crippen LogP) is 3.90. The van der Waals surface area contributed by atoms with Crippen LogP contribution < -0.4 is 19.1 Å². The molecule has 0 aromatic heterocycles. The fourth-order valence-electron chi connectivity index (χ4n) is 4.03. The van der Waals surface area contributed by atoms with Crippen molar-refractivity contribution in [3.63, 3.8) is 0 Å². The molecule has 0 aliphatic rings. The van der Waals surface area contributed by atoms with E-state index in [1.54, 1.807) is 38.1 Å². The number of benzene rings is 3. The molecule has 0 spiro atoms. The number of hydrogen-bond acceptors (Lipinski definition) is 6. The molecule has 0 saturated heterocycles. The van der Waals surface area contributed by atoms with Gasteiger partial charge in [-0.1, -0.05) is 29.8 Å². The van der Waals surface area contributed by atoms with Crippen molar-refractivity contribution in [2.75, 3.05) is 31.6 Å². The lowest BCUT2D eigenvalue weighted by atomic mass is 10.1. The van der Waals surface area contributed by atoms with E-state index in [2.05, 4.69) is 5.32 Å². The van der Waals surface area contributed by atoms with Crippen LogP contribution in [-0.4, -0.2) is 58.5 Å². The maximum atomic E-state index is 14.0. The molecule has 214 valence electrons. The second kappa shape index (κ2) is 13.3. The van der Waals surface area contributed by atoms with Crippen LogP contribution in [-0.2, 0) is 26.2 Å². The maximum Gasteiger partial charge on any atom is 0.264 e. The van der Waals surface area contributed by atoms with Gasteiger partial charge in [0.2, 0.25) is 11.8 Å². The Balaban J connectivity index is 2.12. The third-order valence-electron chi connectivity index (χ3n) is 6.33. The Hall–Kier alpha value is -4.12. The molecule has 3 rings (SSSR count). The number of ether oxygens (including phenoxy) is 2. The molecule has 3 aromatic rings. The van der Waals surface area contributed by atoms with Gasteiger partial charge < -0.3 is 19.7 Å². The molecule has 40 heavy (non-hydrogen) atoms. The van der Waals surface area contributed by atoms with Crippen LogP contribution in [0.4, 0.5) is 10.1 Å². The van der Waals surface area contributed by atoms with Crippen LogP contribution >= 0.6 is 0 Å². The average molecular weight is 572 g/mol. The molecule has 1 N–H and O–H groups in total. The van der Waals surface area contributed by atoms with Gasteiger partial charge in [-0.05, 0) is 62.7 Å². The zero-order valence-corrected chi connectivity index (χ0v) is 24.0. The number of likely N-dealkylation sites (N-methyl/N-ethyl adjacent to an activating group) is 1. The number of carbonyl (C=O) groups excluding carboxylic acids is 2. The van der Waals surface area contributed by atoms with Gasteiger partial charge in [0.05, 0.1) is 24.8 Å². The molecule has 0 saturated carbocycles. The van der Waals surface area contributed by atoms with Gasteiger partial charge in [-0.3, -0.25) is 13.9 Å². The molecule has 0 aliphatic carbocycles. The van der Waals surface area contributed by atoms with Gasteiger partial charge in [-0.15, -0.1) is 0 Å². The first-order valence-electron chi connectivity index (χ1n) is 12.6. The first-order valence-corrected chi connectivity index (χ1v) is 14.1. The Morgan fingerprint density at radius 3 is 2.20 bits per heavy atom. The number of amides is 2. The second-order valence-electron chi connectivity index (χ2n) is 9.08. The Kier molecular flexibility index (Phi) is 10.1. The summed E-state index contributed by atoms with van der Waals surface area (Å²) in [7, 11) is -1.46. The van der Waals surface area contributed by atoms with Gasteiger partial charge in [-0.2, -0.15) is 0 Å². The van der Waals surface area contributed by atoms with Crippen LogP contribution in [0.15, 0.2) is 71.6 Å². The topological polar surface area (TPSA) is 105 Å². The Morgan fingerprint density at radius 2 is 1.62 bits per heavy atom. The van der Waals surface area contributed by atoms with E-state index in [4.69, 9.17) is 9.47 Å². The van der Waals surface area contributed by atoms with Crippen molar-refractivity contribution >= 4 is 27.5 Å². The fraction of sp³-hybridized carbons (Fsp3) is 0.310. The summed E-state index contributed by atoms with van der Waals surface area (Å²) in [4.78, 5) is 28.0. The monoisotopic (exact) mass is 571 g/mol. The van der Waals surface area contributed by atoms with Crippen molar-refractivity contribution in [1.29, 1.82) is 0 Å². The molecular formula is C29H34FN3O6S. The van der Waals surface area contributed by atoms with Crippen LogP contribution in [0.5, 0.6) is 11.5 Å². The lowest BCUT2D eigenvalue weighted by Gasteiger charge is -2.32. The van der Waals surface area contributed by atoms with E-state index in [9.17, 15) is 22.4 Å². The van der Waals surface area contributed by atoms with Crippen molar-refractivity contribution in [3.8, 4) is 11.5 Å². The second-order valence-corrected chi connectivity index (χ2v) is 10.9. The van der Waals surface area contributed by atoms with Crippen molar-refractivity contribution in [2.45, 2.75) is 38.3 Å². The zero-order valence-electron chi connectivity index (χ0n) is 23.2. The maximum absolute atomic E-state index is 14.0. The minimum atomic E-state index is -4.29. The van der Waals surface area contributed by atoms with Crippen molar-refractivity contribution in [2.24, 2.45) is 0 Å². The Morgan fingerprint density at radius 1 is 0.975 bits per heavy atom. The van der Waals surface area contributed by atoms with Gasteiger partial charge >= 0.3 is 0 Å². The smallest absolute Gasteiger partial charge is 0.264 e. The lowest BCUT2D eigenvalue weighted by molar-refractivity contribution is -0.139. The van der Waals surface area contributed by atoms with Crippen LogP contribution in [0.1, 0.15) is 25.0 Å². The minimum Gasteiger partial charge on any atom is -0.497 e. The number of anilines is 1. The van der Waals surface area contributed by atoms with E-state index >= 15 is 0 Å². The summed E-state index contributed by atoms with van der Waals surface area (Å²) in [5, 5.41) is 2.69. The van der Waals surface area contributed by atoms with Gasteiger partial charge in [0.25, 0.3) is 10.0 Å². The van der Waals surface area contributed by atoms with Crippen molar-refractivity contribution in [3.05, 3.63) is 83.7 Å². The molecule has 0 fully saturated rings. The minimum absolute atomic E-state index is 0.0300. The lowest BCUT2D eigenvalue weighted by Crippen LogP contribution is -2.51. The summed E-state index contributed by atoms with van der Waals surface area (Å²) in [6.45, 7) is 4.78. The molecule has 0 bridgehead atoms. The van der Waals surface area contributed by atoms with Gasteiger partial charge in [0.1, 0.15) is 29.9 Å². The zero-order chi connectivity index (χ0) is 29.4. The number of rotatable bonds is 12. The third kappa shape index (κ3) is 7.09. The molecule has 0 radical (unpaired) electrons. The SMILES string of the molecule is CCNC(=O)C(C)N(Cc1ccc(F)cc1)C(=O)CN(c1cc(OC)ccc1OC)S(=O)(=O)c1ccc(C)cc1. The highest BCUT2D eigenvalue weighted by atomic mass is 32.2. The quantitative estimate of drug-likeness (QED) is 0.354. The number of carbonyl (C=O) groups is 2. The summed E-state index contributed by atoms with van der Waals surface area (Å²) < 4.78 is 53.3. The van der Waals surface area contributed by atoms with Crippen molar-refractivity contribution in [1.82, 2.24) is 10.2 Å². The van der Waals surface area contributed by atoms with E-state index in [1.165, 1.54) is 61.6 Å². The number of nitrogens with zero attached hydrogens (tertiary/aromatic N) is 2. The van der Waals surface area contributed by atoms with E-state index in [0.29, 0.717) is 17.9 Å². The average Bonchev–Trinajstić information content (AvgIpc) is 2.95. The van der Waals surface area contributed by atoms with Crippen LogP contribution in [0, 0.1) is 12.7 Å². The van der Waals surface area contributed by atoms with E-state index in [-0.39, 0.29) is 22.9 Å². The van der Waals surface area contributed by atoms with Crippen molar-refractivity contribution < 1.29 is 31.9 Å². The number of aryl methyl sites for hydroxylation is 1. The van der Waals surface area contributed by atoms with Gasteiger partial charge in [0, 0.05) is 19.2 Å². The largest absolute Gasteiger partial charge is 0.497 e. The third-order valence-corrected chi connectivity index (χ3v) is 8.10. The molecular weight excluding hydrogens is 537 g/mol. The van der Waals surface area contributed by atoms with Crippen LogP contribution in [0.25, 0.3) is 0 Å². The number of nitrogens with one attached hydrogen (secondary N) is 1. The summed E-state index contributed by atoms with van der Waals surface area (Å²) in [5.74, 6) is -0.954. The van der Waals surface area contributed by atoms with Gasteiger partial charge in [0.15, 0.2) is 0 Å². The number of methoxy groups -OCH3 is 2. The molecule has 9 nitrogen and oxygen atoms in total. The standard InChI is InChI=1S/C29H34FN3O6S/c1-6-31-29(35)21(3)32(18-22-9-11-23(30)12-10-22)28(34)19-33(26-17-24(38-4)13-16-27(26)39-5)40(36,37)25-14-7-20(2)8-15-25/h7-17,21H,6,18-19H2,1-5H3,(H,31,35). The highest BCUT2D eigenvalue weighted by Crippen LogP contribution is 2.36. The Labute approximate surface area is 234 Å². The summed E-state index contributed by atoms with van der Waals surface area (Å²) in [6, 6.07) is 15.4. The van der Waals surface area contributed by atoms with E-state index in [1.807, 2.05) is 6.92 Å². The molecule has 2 amide bonds. The first-order chi connectivity index (χ1) is 19.0. The van der Waals surface area contributed by atoms with Gasteiger partial charge in [-0.25, -0.2) is 12.8 Å². The molecule has 1 unspecified atom stereocenters. The summed E-state index contributed by atoms with van der Waals surface area (Å²) in [5.41, 5.74) is 1.52. The molecule has 1 atom stereocenters. The predicted molar refractivity (Wildman–Crippen MR) is 150 cm³/mol. The summed E-state index contributed by atoms with van der Waals surface area (Å²) in [6.07, 6.45) is 0.